The smallest absolute Gasteiger partial charge is 0.283 e. The minimum Gasteiger partial charge on any atom is -0.368 e. The van der Waals surface area contributed by atoms with Gasteiger partial charge in [-0.05, 0) is 34.0 Å². The Morgan fingerprint density at radius 3 is 2.69 bits per heavy atom. The van der Waals surface area contributed by atoms with Crippen LogP contribution in [0.3, 0.4) is 0 Å². The minimum atomic E-state index is -0.812. The van der Waals surface area contributed by atoms with Gasteiger partial charge in [0.2, 0.25) is 5.91 Å². The summed E-state index contributed by atoms with van der Waals surface area (Å²) < 4.78 is 0.350. The number of hydrogen-bond donors (Lipinski definition) is 1. The third-order valence-electron chi connectivity index (χ3n) is 1.93. The zero-order valence-electron chi connectivity index (χ0n) is 8.02. The maximum absolute atomic E-state index is 10.7. The van der Waals surface area contributed by atoms with Crippen LogP contribution in [0.25, 0.3) is 0 Å². The van der Waals surface area contributed by atoms with Gasteiger partial charge in [0.05, 0.1) is 9.40 Å². The lowest BCUT2D eigenvalue weighted by Crippen LogP contribution is -2.25. The Hall–Kier alpha value is -1.14. The molecule has 0 bridgehead atoms. The van der Waals surface area contributed by atoms with Gasteiger partial charge in [0.1, 0.15) is 5.38 Å². The first kappa shape index (κ1) is 12.9. The normalized spacial score (nSPS) is 12.1. The number of rotatable bonds is 4. The van der Waals surface area contributed by atoms with Crippen molar-refractivity contribution in [2.45, 2.75) is 11.8 Å². The fourth-order valence-electron chi connectivity index (χ4n) is 1.13. The maximum Gasteiger partial charge on any atom is 0.283 e. The van der Waals surface area contributed by atoms with Crippen LogP contribution < -0.4 is 5.73 Å². The summed E-state index contributed by atoms with van der Waals surface area (Å²) >= 11 is 8.75. The zero-order chi connectivity index (χ0) is 12.3. The number of carbonyl (C=O) groups is 1. The molecule has 0 aliphatic heterocycles. The summed E-state index contributed by atoms with van der Waals surface area (Å²) in [5, 5.41) is 9.73. The van der Waals surface area contributed by atoms with Crippen LogP contribution in [0.2, 0.25) is 0 Å². The second-order valence-electron chi connectivity index (χ2n) is 3.12. The Balaban J connectivity index is 2.89. The molecule has 0 aliphatic rings. The van der Waals surface area contributed by atoms with Crippen LogP contribution in [0, 0.1) is 10.1 Å². The molecule has 0 radical (unpaired) electrons. The van der Waals surface area contributed by atoms with Crippen LogP contribution >= 0.6 is 27.5 Å². The first-order chi connectivity index (χ1) is 7.41. The van der Waals surface area contributed by atoms with E-state index < -0.39 is 16.2 Å². The summed E-state index contributed by atoms with van der Waals surface area (Å²) in [4.78, 5) is 20.8. The average molecular weight is 308 g/mol. The lowest BCUT2D eigenvalue weighted by Gasteiger charge is -2.05. The van der Waals surface area contributed by atoms with Crippen molar-refractivity contribution >= 4 is 39.1 Å². The number of nitrogens with two attached hydrogens (primary N) is 1. The van der Waals surface area contributed by atoms with Gasteiger partial charge in [-0.3, -0.25) is 14.9 Å². The molecule has 86 valence electrons. The van der Waals surface area contributed by atoms with E-state index in [0.29, 0.717) is 10.0 Å². The predicted molar refractivity (Wildman–Crippen MR) is 63.3 cm³/mol. The van der Waals surface area contributed by atoms with E-state index in [2.05, 4.69) is 15.9 Å². The number of carbonyl (C=O) groups excluding carboxylic acids is 1. The van der Waals surface area contributed by atoms with Gasteiger partial charge in [-0.15, -0.1) is 11.6 Å². The lowest BCUT2D eigenvalue weighted by molar-refractivity contribution is -0.385. The largest absolute Gasteiger partial charge is 0.368 e. The van der Waals surface area contributed by atoms with Crippen LogP contribution in [-0.4, -0.2) is 16.2 Å². The van der Waals surface area contributed by atoms with Crippen LogP contribution in [0.15, 0.2) is 22.7 Å². The zero-order valence-corrected chi connectivity index (χ0v) is 10.4. The van der Waals surface area contributed by atoms with Crippen molar-refractivity contribution in [1.29, 1.82) is 0 Å². The fourth-order valence-corrected chi connectivity index (χ4v) is 1.88. The third-order valence-corrected chi connectivity index (χ3v) is 2.94. The molecule has 0 saturated heterocycles. The molecule has 0 spiro atoms. The molecular weight excluding hydrogens is 299 g/mol. The van der Waals surface area contributed by atoms with E-state index in [0.717, 1.165) is 0 Å². The van der Waals surface area contributed by atoms with E-state index in [1.54, 1.807) is 12.1 Å². The van der Waals surface area contributed by atoms with E-state index in [4.69, 9.17) is 17.3 Å². The summed E-state index contributed by atoms with van der Waals surface area (Å²) in [7, 11) is 0. The number of halogens is 2. The van der Waals surface area contributed by atoms with Crippen LogP contribution in [0.4, 0.5) is 5.69 Å². The second kappa shape index (κ2) is 5.27. The standard InChI is InChI=1S/C9H8BrClN2O3/c10-6-3-5(4-7(11)9(12)14)1-2-8(6)13(15)16/h1-3,7H,4H2,(H2,12,14). The topological polar surface area (TPSA) is 86.2 Å². The number of alkyl halides is 1. The highest BCUT2D eigenvalue weighted by molar-refractivity contribution is 9.10. The van der Waals surface area contributed by atoms with Gasteiger partial charge >= 0.3 is 0 Å². The fraction of sp³-hybridized carbons (Fsp3) is 0.222. The summed E-state index contributed by atoms with van der Waals surface area (Å²) in [5.41, 5.74) is 5.68. The molecule has 5 nitrogen and oxygen atoms in total. The van der Waals surface area contributed by atoms with Crippen molar-refractivity contribution < 1.29 is 9.72 Å². The average Bonchev–Trinajstić information content (AvgIpc) is 2.16. The van der Waals surface area contributed by atoms with Gasteiger partial charge in [0.25, 0.3) is 5.69 Å². The molecule has 0 aliphatic carbocycles. The summed E-state index contributed by atoms with van der Waals surface area (Å²) in [6.07, 6.45) is 0.244. The molecule has 0 aromatic heterocycles. The minimum absolute atomic E-state index is 0.0334. The Kier molecular flexibility index (Phi) is 4.26. The number of nitro benzene ring substituents is 1. The summed E-state index contributed by atoms with van der Waals surface area (Å²) in [6, 6.07) is 4.45. The molecule has 1 atom stereocenters. The van der Waals surface area contributed by atoms with Crippen molar-refractivity contribution in [2.24, 2.45) is 5.73 Å². The van der Waals surface area contributed by atoms with Gasteiger partial charge in [0, 0.05) is 6.07 Å². The molecule has 1 amide bonds. The third kappa shape index (κ3) is 3.18. The van der Waals surface area contributed by atoms with Crippen LogP contribution in [0.5, 0.6) is 0 Å². The maximum atomic E-state index is 10.7. The Labute approximate surface area is 105 Å². The predicted octanol–water partition coefficient (Wildman–Crippen LogP) is 1.99. The van der Waals surface area contributed by atoms with Crippen molar-refractivity contribution in [3.63, 3.8) is 0 Å². The highest BCUT2D eigenvalue weighted by atomic mass is 79.9. The van der Waals surface area contributed by atoms with Gasteiger partial charge in [-0.25, -0.2) is 0 Å². The molecule has 1 aromatic carbocycles. The van der Waals surface area contributed by atoms with E-state index in [-0.39, 0.29) is 12.1 Å². The van der Waals surface area contributed by atoms with Crippen molar-refractivity contribution in [3.8, 4) is 0 Å². The van der Waals surface area contributed by atoms with Crippen LogP contribution in [0.1, 0.15) is 5.56 Å². The highest BCUT2D eigenvalue weighted by Gasteiger charge is 2.15. The highest BCUT2D eigenvalue weighted by Crippen LogP contribution is 2.26. The van der Waals surface area contributed by atoms with Gasteiger partial charge < -0.3 is 5.73 Å². The number of benzene rings is 1. The molecule has 0 fully saturated rings. The Morgan fingerprint density at radius 2 is 2.25 bits per heavy atom. The molecule has 7 heteroatoms. The molecule has 2 N–H and O–H groups in total. The van der Waals surface area contributed by atoms with Crippen molar-refractivity contribution in [2.75, 3.05) is 0 Å². The Bertz CT molecular complexity index is 439. The molecule has 0 saturated carbocycles. The number of hydrogen-bond acceptors (Lipinski definition) is 3. The number of amides is 1. The van der Waals surface area contributed by atoms with Crippen LogP contribution in [-0.2, 0) is 11.2 Å². The molecule has 1 unspecified atom stereocenters. The molecule has 0 heterocycles. The van der Waals surface area contributed by atoms with E-state index in [1.807, 2.05) is 0 Å². The molecule has 1 rings (SSSR count). The monoisotopic (exact) mass is 306 g/mol. The van der Waals surface area contributed by atoms with E-state index in [9.17, 15) is 14.9 Å². The quantitative estimate of drug-likeness (QED) is 0.524. The van der Waals surface area contributed by atoms with Gasteiger partial charge in [-0.1, -0.05) is 6.07 Å². The molecule has 16 heavy (non-hydrogen) atoms. The molecular formula is C9H8BrClN2O3. The SMILES string of the molecule is NC(=O)C(Cl)Cc1ccc([N+](=O)[O-])c(Br)c1. The van der Waals surface area contributed by atoms with E-state index in [1.165, 1.54) is 6.07 Å². The number of nitro groups is 1. The number of nitrogens with zero attached hydrogens (tertiary/aromatic N) is 1. The van der Waals surface area contributed by atoms with E-state index >= 15 is 0 Å². The number of primary amides is 1. The second-order valence-corrected chi connectivity index (χ2v) is 4.50. The van der Waals surface area contributed by atoms with Gasteiger partial charge in [0.15, 0.2) is 0 Å². The first-order valence-electron chi connectivity index (χ1n) is 4.28. The first-order valence-corrected chi connectivity index (χ1v) is 5.51. The van der Waals surface area contributed by atoms with Gasteiger partial charge in [-0.2, -0.15) is 0 Å². The summed E-state index contributed by atoms with van der Waals surface area (Å²) in [5.74, 6) is -0.615. The van der Waals surface area contributed by atoms with Crippen molar-refractivity contribution in [1.82, 2.24) is 0 Å². The Morgan fingerprint density at radius 1 is 1.62 bits per heavy atom. The summed E-state index contributed by atoms with van der Waals surface area (Å²) in [6.45, 7) is 0. The van der Waals surface area contributed by atoms with Crippen molar-refractivity contribution in [3.05, 3.63) is 38.3 Å². The molecule has 1 aromatic rings. The lowest BCUT2D eigenvalue weighted by atomic mass is 10.1.